The number of methoxy groups -OCH3 is 1. The Morgan fingerprint density at radius 2 is 1.52 bits per heavy atom. The van der Waals surface area contributed by atoms with Crippen LogP contribution in [0.2, 0.25) is 0 Å². The molecule has 0 bridgehead atoms. The van der Waals surface area contributed by atoms with Crippen molar-refractivity contribution in [3.8, 4) is 0 Å². The van der Waals surface area contributed by atoms with E-state index in [9.17, 15) is 9.59 Å². The van der Waals surface area contributed by atoms with E-state index in [0.717, 1.165) is 0 Å². The molecule has 1 N–H and O–H groups in total. The van der Waals surface area contributed by atoms with E-state index in [-0.39, 0.29) is 0 Å². The van der Waals surface area contributed by atoms with E-state index in [2.05, 4.69) is 5.32 Å². The number of amides is 3. The second-order valence-corrected chi connectivity index (χ2v) is 4.64. The number of anilines is 1. The predicted molar refractivity (Wildman–Crippen MR) is 77.6 cm³/mol. The molecule has 5 nitrogen and oxygen atoms in total. The molecule has 2 aromatic carbocycles. The molecule has 1 heterocycles. The quantitative estimate of drug-likeness (QED) is 0.878. The molecule has 0 saturated carbocycles. The van der Waals surface area contributed by atoms with Crippen molar-refractivity contribution in [2.24, 2.45) is 0 Å². The van der Waals surface area contributed by atoms with E-state index < -0.39 is 17.7 Å². The number of carbonyl (C=O) groups is 2. The molecule has 1 fully saturated rings. The van der Waals surface area contributed by atoms with E-state index in [1.165, 1.54) is 12.0 Å². The third kappa shape index (κ3) is 1.90. The van der Waals surface area contributed by atoms with Crippen LogP contribution >= 0.6 is 0 Å². The second kappa shape index (κ2) is 5.03. The third-order valence-corrected chi connectivity index (χ3v) is 3.52. The SMILES string of the molecule is COC1(c2ccccc2)C(=O)NC(=O)N1c1ccccc1. The van der Waals surface area contributed by atoms with Crippen LogP contribution in [-0.4, -0.2) is 19.0 Å². The summed E-state index contributed by atoms with van der Waals surface area (Å²) in [5.74, 6) is -0.495. The van der Waals surface area contributed by atoms with E-state index >= 15 is 0 Å². The highest BCUT2D eigenvalue weighted by molar-refractivity contribution is 6.16. The first-order valence-electron chi connectivity index (χ1n) is 6.51. The fourth-order valence-electron chi connectivity index (χ4n) is 2.58. The number of hydrogen-bond acceptors (Lipinski definition) is 3. The Morgan fingerprint density at radius 1 is 0.952 bits per heavy atom. The Balaban J connectivity index is 2.21. The van der Waals surface area contributed by atoms with Gasteiger partial charge in [-0.15, -0.1) is 0 Å². The van der Waals surface area contributed by atoms with Gasteiger partial charge in [-0.25, -0.2) is 4.79 Å². The van der Waals surface area contributed by atoms with Crippen LogP contribution in [0.15, 0.2) is 60.7 Å². The standard InChI is InChI=1S/C16H14N2O3/c1-21-16(12-8-4-2-5-9-12)14(19)17-15(20)18(16)13-10-6-3-7-11-13/h2-11H,1H3,(H,17,19,20). The summed E-state index contributed by atoms with van der Waals surface area (Å²) in [6.07, 6.45) is 0. The summed E-state index contributed by atoms with van der Waals surface area (Å²) in [4.78, 5) is 26.0. The molecule has 1 aliphatic rings. The zero-order valence-electron chi connectivity index (χ0n) is 11.4. The van der Waals surface area contributed by atoms with Gasteiger partial charge in [-0.1, -0.05) is 48.5 Å². The average Bonchev–Trinajstić information content (AvgIpc) is 2.80. The monoisotopic (exact) mass is 282 g/mol. The number of nitrogens with zero attached hydrogens (tertiary/aromatic N) is 1. The number of ether oxygens (including phenoxy) is 1. The Labute approximate surface area is 122 Å². The van der Waals surface area contributed by atoms with Crippen LogP contribution < -0.4 is 10.2 Å². The van der Waals surface area contributed by atoms with Crippen LogP contribution in [0.4, 0.5) is 10.5 Å². The smallest absolute Gasteiger partial charge is 0.331 e. The Hall–Kier alpha value is -2.66. The molecule has 1 atom stereocenters. The summed E-state index contributed by atoms with van der Waals surface area (Å²) >= 11 is 0. The van der Waals surface area contributed by atoms with Crippen molar-refractivity contribution >= 4 is 17.6 Å². The van der Waals surface area contributed by atoms with Gasteiger partial charge in [0.2, 0.25) is 0 Å². The zero-order valence-corrected chi connectivity index (χ0v) is 11.4. The lowest BCUT2D eigenvalue weighted by Crippen LogP contribution is -2.48. The number of urea groups is 1. The van der Waals surface area contributed by atoms with Crippen molar-refractivity contribution in [2.75, 3.05) is 12.0 Å². The van der Waals surface area contributed by atoms with Crippen molar-refractivity contribution in [3.63, 3.8) is 0 Å². The van der Waals surface area contributed by atoms with Crippen molar-refractivity contribution in [2.45, 2.75) is 5.72 Å². The summed E-state index contributed by atoms with van der Waals surface area (Å²) in [6.45, 7) is 0. The second-order valence-electron chi connectivity index (χ2n) is 4.64. The normalized spacial score (nSPS) is 21.5. The zero-order chi connectivity index (χ0) is 14.9. The van der Waals surface area contributed by atoms with Crippen LogP contribution in [0.25, 0.3) is 0 Å². The highest BCUT2D eigenvalue weighted by Gasteiger charge is 2.55. The first-order chi connectivity index (χ1) is 10.2. The number of benzene rings is 2. The number of rotatable bonds is 3. The molecule has 1 unspecified atom stereocenters. The fraction of sp³-hybridized carbons (Fsp3) is 0.125. The molecule has 0 aliphatic carbocycles. The van der Waals surface area contributed by atoms with Crippen LogP contribution in [0.1, 0.15) is 5.56 Å². The largest absolute Gasteiger partial charge is 0.346 e. The highest BCUT2D eigenvalue weighted by atomic mass is 16.5. The summed E-state index contributed by atoms with van der Waals surface area (Å²) in [7, 11) is 1.42. The molecule has 106 valence electrons. The molecular formula is C16H14N2O3. The Kier molecular flexibility index (Phi) is 3.19. The van der Waals surface area contributed by atoms with Crippen LogP contribution in [0.3, 0.4) is 0 Å². The highest BCUT2D eigenvalue weighted by Crippen LogP contribution is 2.37. The average molecular weight is 282 g/mol. The molecule has 1 saturated heterocycles. The maximum absolute atomic E-state index is 12.4. The lowest BCUT2D eigenvalue weighted by atomic mass is 10.0. The first kappa shape index (κ1) is 13.3. The van der Waals surface area contributed by atoms with E-state index in [1.807, 2.05) is 12.1 Å². The fourth-order valence-corrected chi connectivity index (χ4v) is 2.58. The van der Waals surface area contributed by atoms with Gasteiger partial charge in [-0.3, -0.25) is 15.0 Å². The third-order valence-electron chi connectivity index (χ3n) is 3.52. The van der Waals surface area contributed by atoms with Gasteiger partial charge in [0.25, 0.3) is 11.6 Å². The molecular weight excluding hydrogens is 268 g/mol. The number of imide groups is 1. The number of hydrogen-bond donors (Lipinski definition) is 1. The van der Waals surface area contributed by atoms with Gasteiger partial charge in [-0.05, 0) is 12.1 Å². The molecule has 3 amide bonds. The van der Waals surface area contributed by atoms with Crippen molar-refractivity contribution in [1.29, 1.82) is 0 Å². The van der Waals surface area contributed by atoms with Crippen LogP contribution in [0.5, 0.6) is 0 Å². The Morgan fingerprint density at radius 3 is 2.10 bits per heavy atom. The summed E-state index contributed by atoms with van der Waals surface area (Å²) in [6, 6.07) is 17.4. The van der Waals surface area contributed by atoms with Gasteiger partial charge in [0.15, 0.2) is 0 Å². The molecule has 21 heavy (non-hydrogen) atoms. The van der Waals surface area contributed by atoms with Gasteiger partial charge in [0.1, 0.15) is 0 Å². The van der Waals surface area contributed by atoms with Gasteiger partial charge in [-0.2, -0.15) is 0 Å². The van der Waals surface area contributed by atoms with Crippen LogP contribution in [0, 0.1) is 0 Å². The molecule has 0 spiro atoms. The van der Waals surface area contributed by atoms with E-state index in [1.54, 1.807) is 48.5 Å². The molecule has 5 heteroatoms. The number of nitrogens with one attached hydrogen (secondary N) is 1. The molecule has 2 aromatic rings. The number of para-hydroxylation sites is 1. The maximum Gasteiger partial charge on any atom is 0.331 e. The van der Waals surface area contributed by atoms with Gasteiger partial charge < -0.3 is 4.74 Å². The minimum Gasteiger partial charge on any atom is -0.346 e. The topological polar surface area (TPSA) is 58.6 Å². The van der Waals surface area contributed by atoms with Gasteiger partial charge in [0.05, 0.1) is 0 Å². The summed E-state index contributed by atoms with van der Waals surface area (Å²) in [5.41, 5.74) is -0.300. The Bertz CT molecular complexity index is 672. The predicted octanol–water partition coefficient (Wildman–Crippen LogP) is 2.24. The molecule has 1 aliphatic heterocycles. The lowest BCUT2D eigenvalue weighted by Gasteiger charge is -2.34. The van der Waals surface area contributed by atoms with E-state index in [4.69, 9.17) is 4.74 Å². The minimum absolute atomic E-state index is 0.495. The minimum atomic E-state index is -1.49. The van der Waals surface area contributed by atoms with Crippen molar-refractivity contribution in [1.82, 2.24) is 5.32 Å². The first-order valence-corrected chi connectivity index (χ1v) is 6.51. The summed E-state index contributed by atoms with van der Waals surface area (Å²) in [5, 5.41) is 2.33. The van der Waals surface area contributed by atoms with E-state index in [0.29, 0.717) is 11.3 Å². The maximum atomic E-state index is 12.4. The van der Waals surface area contributed by atoms with Crippen molar-refractivity contribution < 1.29 is 14.3 Å². The number of carbonyl (C=O) groups excluding carboxylic acids is 2. The van der Waals surface area contributed by atoms with Gasteiger partial charge in [0, 0.05) is 18.4 Å². The van der Waals surface area contributed by atoms with Gasteiger partial charge >= 0.3 is 6.03 Å². The molecule has 0 aromatic heterocycles. The molecule has 0 radical (unpaired) electrons. The summed E-state index contributed by atoms with van der Waals surface area (Å²) < 4.78 is 5.53. The van der Waals surface area contributed by atoms with Crippen LogP contribution in [-0.2, 0) is 15.3 Å². The van der Waals surface area contributed by atoms with Crippen molar-refractivity contribution in [3.05, 3.63) is 66.2 Å². The lowest BCUT2D eigenvalue weighted by molar-refractivity contribution is -0.139. The molecule has 3 rings (SSSR count).